The summed E-state index contributed by atoms with van der Waals surface area (Å²) < 4.78 is 68.6. The molecule has 1 aliphatic carbocycles. The van der Waals surface area contributed by atoms with E-state index in [2.05, 4.69) is 39.7 Å². The molecule has 0 saturated carbocycles. The number of aryl methyl sites for hydroxylation is 1. The first-order valence-corrected chi connectivity index (χ1v) is 16.0. The molecule has 3 aromatic carbocycles. The Hall–Kier alpha value is -3.47. The molecule has 43 heavy (non-hydrogen) atoms. The van der Waals surface area contributed by atoms with Gasteiger partial charge in [-0.25, -0.2) is 13.1 Å². The van der Waals surface area contributed by atoms with Crippen molar-refractivity contribution in [2.45, 2.75) is 61.7 Å². The number of benzene rings is 3. The van der Waals surface area contributed by atoms with E-state index in [1.54, 1.807) is 30.3 Å². The van der Waals surface area contributed by atoms with Gasteiger partial charge in [-0.15, -0.1) is 0 Å². The van der Waals surface area contributed by atoms with Crippen molar-refractivity contribution in [1.82, 2.24) is 14.9 Å². The number of rotatable bonds is 10. The van der Waals surface area contributed by atoms with Crippen molar-refractivity contribution in [3.8, 4) is 0 Å². The molecule has 2 unspecified atom stereocenters. The van der Waals surface area contributed by atoms with Gasteiger partial charge in [0.05, 0.1) is 22.5 Å². The lowest BCUT2D eigenvalue weighted by atomic mass is 9.85. The average Bonchev–Trinajstić information content (AvgIpc) is 3.50. The molecule has 0 bridgehead atoms. The Morgan fingerprint density at radius 3 is 2.44 bits per heavy atom. The summed E-state index contributed by atoms with van der Waals surface area (Å²) in [6, 6.07) is 17.2. The number of likely N-dealkylation sites (tertiary alicyclic amines) is 1. The normalized spacial score (nSPS) is 18.2. The van der Waals surface area contributed by atoms with Crippen LogP contribution in [0.4, 0.5) is 13.2 Å². The Morgan fingerprint density at radius 1 is 0.977 bits per heavy atom. The minimum absolute atomic E-state index is 0.223. The van der Waals surface area contributed by atoms with Gasteiger partial charge in [-0.2, -0.15) is 13.2 Å². The summed E-state index contributed by atoms with van der Waals surface area (Å²) in [7, 11) is -4.38. The van der Waals surface area contributed by atoms with Crippen LogP contribution in [0.3, 0.4) is 0 Å². The van der Waals surface area contributed by atoms with Crippen LogP contribution < -0.4 is 10.0 Å². The molecular formula is C33H36F3N3O3S. The Morgan fingerprint density at radius 2 is 1.72 bits per heavy atom. The van der Waals surface area contributed by atoms with Gasteiger partial charge in [0.25, 0.3) is 0 Å². The first-order chi connectivity index (χ1) is 20.5. The van der Waals surface area contributed by atoms with Crippen molar-refractivity contribution in [1.29, 1.82) is 0 Å². The first kappa shape index (κ1) is 31.0. The van der Waals surface area contributed by atoms with Crippen LogP contribution in [-0.4, -0.2) is 38.9 Å². The summed E-state index contributed by atoms with van der Waals surface area (Å²) in [6.45, 7) is 7.35. The summed E-state index contributed by atoms with van der Waals surface area (Å²) in [4.78, 5) is 15.3. The number of hydrogen-bond acceptors (Lipinski definition) is 4. The number of nitrogens with zero attached hydrogens (tertiary/aromatic N) is 1. The second-order valence-electron chi connectivity index (χ2n) is 11.3. The number of nitrogens with one attached hydrogen (secondary N) is 2. The second kappa shape index (κ2) is 13.0. The zero-order chi connectivity index (χ0) is 30.6. The molecule has 2 aliphatic rings. The molecule has 1 aliphatic heterocycles. The van der Waals surface area contributed by atoms with Crippen molar-refractivity contribution in [2.24, 2.45) is 0 Å². The minimum Gasteiger partial charge on any atom is -0.349 e. The van der Waals surface area contributed by atoms with E-state index < -0.39 is 32.7 Å². The average molecular weight is 612 g/mol. The van der Waals surface area contributed by atoms with E-state index in [-0.39, 0.29) is 18.4 Å². The number of fused-ring (bicyclic) bond motifs is 1. The number of alkyl halides is 3. The van der Waals surface area contributed by atoms with Crippen molar-refractivity contribution < 1.29 is 26.4 Å². The molecule has 5 rings (SSSR count). The number of amides is 1. The Bertz CT molecular complexity index is 1570. The maximum Gasteiger partial charge on any atom is 0.416 e. The fraction of sp³-hybridized carbons (Fsp3) is 0.364. The topological polar surface area (TPSA) is 78.5 Å². The highest BCUT2D eigenvalue weighted by atomic mass is 32.2. The van der Waals surface area contributed by atoms with Crippen LogP contribution in [0.25, 0.3) is 5.57 Å². The van der Waals surface area contributed by atoms with E-state index >= 15 is 0 Å². The molecule has 1 fully saturated rings. The van der Waals surface area contributed by atoms with Gasteiger partial charge in [0.15, 0.2) is 0 Å². The van der Waals surface area contributed by atoms with Gasteiger partial charge in [-0.05, 0) is 91.2 Å². The number of hydrogen-bond donors (Lipinski definition) is 2. The molecule has 1 amide bonds. The lowest BCUT2D eigenvalue weighted by molar-refractivity contribution is -0.137. The second-order valence-corrected chi connectivity index (χ2v) is 13.0. The van der Waals surface area contributed by atoms with Crippen molar-refractivity contribution in [3.05, 3.63) is 107 Å². The molecule has 1 saturated heterocycles. The quantitative estimate of drug-likeness (QED) is 0.278. The standard InChI is InChI=1S/C33H36F3N3O3S/c1-23(22-39-17-5-6-18-39)25-15-16-29-26(19-25)11-7-14-30(29)37-32(40)21-31(24-9-3-2-4-10-24)38-43(41,42)28-13-8-12-27(20-28)33(34,35)36/h2-4,8-10,12-13,15-16,19-20,30-31,38H,1,5-7,11,14,17-18,21-22H2,(H,37,40). The minimum atomic E-state index is -4.69. The summed E-state index contributed by atoms with van der Waals surface area (Å²) >= 11 is 0. The summed E-state index contributed by atoms with van der Waals surface area (Å²) in [5.41, 5.74) is 3.85. The third-order valence-electron chi connectivity index (χ3n) is 8.17. The molecule has 10 heteroatoms. The van der Waals surface area contributed by atoms with Gasteiger partial charge < -0.3 is 5.32 Å². The zero-order valence-electron chi connectivity index (χ0n) is 23.9. The zero-order valence-corrected chi connectivity index (χ0v) is 24.7. The molecular weight excluding hydrogens is 575 g/mol. The molecule has 0 spiro atoms. The SMILES string of the molecule is C=C(CN1CCCC1)c1ccc2c(c1)CCCC2NC(=O)CC(NS(=O)(=O)c1cccc(C(F)(F)F)c1)c1ccccc1. The molecule has 228 valence electrons. The molecule has 1 heterocycles. The van der Waals surface area contributed by atoms with Crippen LogP contribution in [0.15, 0.2) is 84.3 Å². The third-order valence-corrected chi connectivity index (χ3v) is 9.64. The number of carbonyl (C=O) groups excluding carboxylic acids is 1. The van der Waals surface area contributed by atoms with E-state index in [1.807, 2.05) is 0 Å². The molecule has 0 aromatic heterocycles. The van der Waals surface area contributed by atoms with E-state index in [9.17, 15) is 26.4 Å². The Labute approximate surface area is 251 Å². The fourth-order valence-electron chi connectivity index (χ4n) is 5.93. The van der Waals surface area contributed by atoms with Gasteiger partial charge in [-0.3, -0.25) is 9.69 Å². The van der Waals surface area contributed by atoms with Crippen molar-refractivity contribution in [2.75, 3.05) is 19.6 Å². The fourth-order valence-corrected chi connectivity index (χ4v) is 7.20. The summed E-state index contributed by atoms with van der Waals surface area (Å²) in [5, 5.41) is 3.08. The predicted molar refractivity (Wildman–Crippen MR) is 161 cm³/mol. The maximum absolute atomic E-state index is 13.4. The highest BCUT2D eigenvalue weighted by Gasteiger charge is 2.33. The van der Waals surface area contributed by atoms with E-state index in [4.69, 9.17) is 0 Å². The van der Waals surface area contributed by atoms with E-state index in [0.717, 1.165) is 73.8 Å². The summed E-state index contributed by atoms with van der Waals surface area (Å²) in [6.07, 6.45) is 0.0631. The lowest BCUT2D eigenvalue weighted by Crippen LogP contribution is -2.36. The lowest BCUT2D eigenvalue weighted by Gasteiger charge is -2.28. The number of carbonyl (C=O) groups is 1. The van der Waals surface area contributed by atoms with Gasteiger partial charge >= 0.3 is 6.18 Å². The predicted octanol–water partition coefficient (Wildman–Crippen LogP) is 6.42. The van der Waals surface area contributed by atoms with Crippen LogP contribution in [0, 0.1) is 0 Å². The van der Waals surface area contributed by atoms with E-state index in [1.165, 1.54) is 18.4 Å². The van der Waals surface area contributed by atoms with Crippen LogP contribution in [0.5, 0.6) is 0 Å². The van der Waals surface area contributed by atoms with Gasteiger partial charge in [-0.1, -0.05) is 61.2 Å². The Kier molecular flexibility index (Phi) is 9.39. The van der Waals surface area contributed by atoms with Gasteiger partial charge in [0.2, 0.25) is 15.9 Å². The largest absolute Gasteiger partial charge is 0.416 e. The molecule has 3 aromatic rings. The van der Waals surface area contributed by atoms with Crippen LogP contribution >= 0.6 is 0 Å². The molecule has 6 nitrogen and oxygen atoms in total. The van der Waals surface area contributed by atoms with Gasteiger partial charge in [0, 0.05) is 13.0 Å². The highest BCUT2D eigenvalue weighted by molar-refractivity contribution is 7.89. The van der Waals surface area contributed by atoms with Gasteiger partial charge in [0.1, 0.15) is 0 Å². The van der Waals surface area contributed by atoms with Crippen LogP contribution in [-0.2, 0) is 27.4 Å². The highest BCUT2D eigenvalue weighted by Crippen LogP contribution is 2.33. The number of sulfonamides is 1. The first-order valence-electron chi connectivity index (χ1n) is 14.6. The van der Waals surface area contributed by atoms with E-state index in [0.29, 0.717) is 11.6 Å². The molecule has 0 radical (unpaired) electrons. The van der Waals surface area contributed by atoms with Crippen LogP contribution in [0.2, 0.25) is 0 Å². The van der Waals surface area contributed by atoms with Crippen molar-refractivity contribution in [3.63, 3.8) is 0 Å². The molecule has 2 N–H and O–H groups in total. The molecule has 2 atom stereocenters. The van der Waals surface area contributed by atoms with Crippen LogP contribution in [0.1, 0.15) is 72.0 Å². The summed E-state index contributed by atoms with van der Waals surface area (Å²) in [5.74, 6) is -0.360. The van der Waals surface area contributed by atoms with Crippen molar-refractivity contribution >= 4 is 21.5 Å². The smallest absolute Gasteiger partial charge is 0.349 e. The monoisotopic (exact) mass is 611 g/mol. The number of halogens is 3. The third kappa shape index (κ3) is 7.74. The maximum atomic E-state index is 13.4. The Balaban J connectivity index is 1.30.